The van der Waals surface area contributed by atoms with Gasteiger partial charge in [-0.25, -0.2) is 4.39 Å². The molecule has 2 aromatic carbocycles. The molecule has 0 aromatic heterocycles. The average molecular weight is 313 g/mol. The predicted octanol–water partition coefficient (Wildman–Crippen LogP) is 3.40. The van der Waals surface area contributed by atoms with E-state index in [0.717, 1.165) is 24.2 Å². The summed E-state index contributed by atoms with van der Waals surface area (Å²) in [6.45, 7) is 0.354. The van der Waals surface area contributed by atoms with Gasteiger partial charge in [0.25, 0.3) is 5.91 Å². The molecule has 0 unspecified atom stereocenters. The van der Waals surface area contributed by atoms with Gasteiger partial charge in [0.15, 0.2) is 6.61 Å². The number of hydrogen-bond acceptors (Lipinski definition) is 2. The van der Waals surface area contributed by atoms with E-state index in [2.05, 4.69) is 11.4 Å². The lowest BCUT2D eigenvalue weighted by Gasteiger charge is -2.16. The normalized spacial score (nSPS) is 13.3. The van der Waals surface area contributed by atoms with E-state index in [0.29, 0.717) is 6.54 Å². The lowest BCUT2D eigenvalue weighted by molar-refractivity contribution is -0.123. The van der Waals surface area contributed by atoms with Crippen LogP contribution in [0, 0.1) is 5.82 Å². The highest BCUT2D eigenvalue weighted by Gasteiger charge is 2.10. The number of fused-ring (bicyclic) bond motifs is 1. The van der Waals surface area contributed by atoms with Gasteiger partial charge in [-0.05, 0) is 66.6 Å². The highest BCUT2D eigenvalue weighted by Crippen LogP contribution is 2.25. The monoisotopic (exact) mass is 313 g/mol. The molecule has 4 heteroatoms. The second-order valence-corrected chi connectivity index (χ2v) is 5.83. The maximum Gasteiger partial charge on any atom is 0.258 e. The van der Waals surface area contributed by atoms with Crippen molar-refractivity contribution in [1.82, 2.24) is 5.32 Å². The molecule has 0 bridgehead atoms. The van der Waals surface area contributed by atoms with Crippen molar-refractivity contribution in [2.24, 2.45) is 0 Å². The van der Waals surface area contributed by atoms with Crippen LogP contribution in [0.2, 0.25) is 0 Å². The number of halogens is 1. The first kappa shape index (κ1) is 15.5. The van der Waals surface area contributed by atoms with Crippen molar-refractivity contribution in [3.05, 3.63) is 65.0 Å². The Kier molecular flexibility index (Phi) is 4.91. The number of ether oxygens (including phenoxy) is 1. The summed E-state index contributed by atoms with van der Waals surface area (Å²) in [5.41, 5.74) is 3.58. The quantitative estimate of drug-likeness (QED) is 0.919. The van der Waals surface area contributed by atoms with Gasteiger partial charge in [-0.1, -0.05) is 18.2 Å². The van der Waals surface area contributed by atoms with Crippen molar-refractivity contribution in [3.8, 4) is 5.75 Å². The van der Waals surface area contributed by atoms with Gasteiger partial charge in [0.1, 0.15) is 11.6 Å². The summed E-state index contributed by atoms with van der Waals surface area (Å²) in [7, 11) is 0. The Morgan fingerprint density at radius 3 is 2.57 bits per heavy atom. The zero-order valence-electron chi connectivity index (χ0n) is 13.0. The molecule has 23 heavy (non-hydrogen) atoms. The van der Waals surface area contributed by atoms with Crippen molar-refractivity contribution in [2.45, 2.75) is 32.2 Å². The molecule has 3 nitrogen and oxygen atoms in total. The average Bonchev–Trinajstić information content (AvgIpc) is 2.59. The SMILES string of the molecule is O=C(COc1ccc2c(c1)CCCC2)NCc1ccc(F)cc1. The Morgan fingerprint density at radius 1 is 1.04 bits per heavy atom. The fraction of sp³-hybridized carbons (Fsp3) is 0.316. The maximum atomic E-state index is 12.8. The van der Waals surface area contributed by atoms with Crippen molar-refractivity contribution >= 4 is 5.91 Å². The second-order valence-electron chi connectivity index (χ2n) is 5.83. The number of carbonyl (C=O) groups excluding carboxylic acids is 1. The lowest BCUT2D eigenvalue weighted by Crippen LogP contribution is -2.28. The third kappa shape index (κ3) is 4.31. The number of amides is 1. The Labute approximate surface area is 135 Å². The highest BCUT2D eigenvalue weighted by molar-refractivity contribution is 5.77. The molecule has 1 amide bonds. The Morgan fingerprint density at radius 2 is 1.78 bits per heavy atom. The number of hydrogen-bond donors (Lipinski definition) is 1. The smallest absolute Gasteiger partial charge is 0.258 e. The number of carbonyl (C=O) groups is 1. The molecule has 1 N–H and O–H groups in total. The fourth-order valence-corrected chi connectivity index (χ4v) is 2.80. The highest BCUT2D eigenvalue weighted by atomic mass is 19.1. The Hall–Kier alpha value is -2.36. The van der Waals surface area contributed by atoms with Gasteiger partial charge in [0.2, 0.25) is 0 Å². The second kappa shape index (κ2) is 7.27. The minimum atomic E-state index is -0.282. The topological polar surface area (TPSA) is 38.3 Å². The van der Waals surface area contributed by atoms with E-state index in [9.17, 15) is 9.18 Å². The van der Waals surface area contributed by atoms with Crippen LogP contribution in [0.4, 0.5) is 4.39 Å². The summed E-state index contributed by atoms with van der Waals surface area (Å²) >= 11 is 0. The number of rotatable bonds is 5. The van der Waals surface area contributed by atoms with Crippen LogP contribution in [-0.4, -0.2) is 12.5 Å². The van der Waals surface area contributed by atoms with Gasteiger partial charge in [0.05, 0.1) is 0 Å². The molecule has 0 fully saturated rings. The van der Waals surface area contributed by atoms with Crippen molar-refractivity contribution < 1.29 is 13.9 Å². The molecule has 0 saturated carbocycles. The van der Waals surface area contributed by atoms with Crippen molar-refractivity contribution in [3.63, 3.8) is 0 Å². The van der Waals surface area contributed by atoms with Crippen LogP contribution in [0.15, 0.2) is 42.5 Å². The van der Waals surface area contributed by atoms with Gasteiger partial charge in [-0.3, -0.25) is 4.79 Å². The van der Waals surface area contributed by atoms with E-state index in [1.807, 2.05) is 12.1 Å². The van der Waals surface area contributed by atoms with Crippen LogP contribution in [0.3, 0.4) is 0 Å². The van der Waals surface area contributed by atoms with Crippen LogP contribution in [0.1, 0.15) is 29.5 Å². The largest absolute Gasteiger partial charge is 0.484 e. The number of nitrogens with one attached hydrogen (secondary N) is 1. The third-order valence-electron chi connectivity index (χ3n) is 4.09. The third-order valence-corrected chi connectivity index (χ3v) is 4.09. The molecule has 0 atom stereocenters. The summed E-state index contributed by atoms with van der Waals surface area (Å²) in [5.74, 6) is 0.269. The summed E-state index contributed by atoms with van der Waals surface area (Å²) in [6, 6.07) is 12.1. The fourth-order valence-electron chi connectivity index (χ4n) is 2.80. The molecule has 1 aliphatic carbocycles. The minimum Gasteiger partial charge on any atom is -0.484 e. The Bertz CT molecular complexity index is 682. The van der Waals surface area contributed by atoms with E-state index < -0.39 is 0 Å². The molecule has 0 saturated heterocycles. The van der Waals surface area contributed by atoms with E-state index in [1.54, 1.807) is 12.1 Å². The number of benzene rings is 2. The summed E-state index contributed by atoms with van der Waals surface area (Å²) in [4.78, 5) is 11.8. The molecule has 0 radical (unpaired) electrons. The molecular weight excluding hydrogens is 293 g/mol. The van der Waals surface area contributed by atoms with Crippen molar-refractivity contribution in [1.29, 1.82) is 0 Å². The van der Waals surface area contributed by atoms with Crippen LogP contribution < -0.4 is 10.1 Å². The number of aryl methyl sites for hydroxylation is 2. The molecule has 1 aliphatic rings. The van der Waals surface area contributed by atoms with Gasteiger partial charge < -0.3 is 10.1 Å². The van der Waals surface area contributed by atoms with Crippen LogP contribution in [0.5, 0.6) is 5.75 Å². The zero-order valence-corrected chi connectivity index (χ0v) is 13.0. The molecule has 3 rings (SSSR count). The van der Waals surface area contributed by atoms with Gasteiger partial charge in [-0.15, -0.1) is 0 Å². The van der Waals surface area contributed by atoms with Crippen LogP contribution in [-0.2, 0) is 24.2 Å². The van der Waals surface area contributed by atoms with Crippen LogP contribution in [0.25, 0.3) is 0 Å². The van der Waals surface area contributed by atoms with E-state index in [1.165, 1.54) is 36.1 Å². The maximum absolute atomic E-state index is 12.8. The van der Waals surface area contributed by atoms with Gasteiger partial charge in [-0.2, -0.15) is 0 Å². The molecule has 0 spiro atoms. The molecule has 120 valence electrons. The predicted molar refractivity (Wildman–Crippen MR) is 86.8 cm³/mol. The molecule has 0 aliphatic heterocycles. The summed E-state index contributed by atoms with van der Waals surface area (Å²) < 4.78 is 18.4. The summed E-state index contributed by atoms with van der Waals surface area (Å²) in [6.07, 6.45) is 4.69. The Balaban J connectivity index is 1.48. The molecule has 0 heterocycles. The first-order valence-electron chi connectivity index (χ1n) is 7.96. The standard InChI is InChI=1S/C19H20FNO2/c20-17-8-5-14(6-9-17)12-21-19(22)13-23-18-10-7-15-3-1-2-4-16(15)11-18/h5-11H,1-4,12-13H2,(H,21,22). The van der Waals surface area contributed by atoms with E-state index in [-0.39, 0.29) is 18.3 Å². The molecule has 2 aromatic rings. The molecular formula is C19H20FNO2. The van der Waals surface area contributed by atoms with Crippen molar-refractivity contribution in [2.75, 3.05) is 6.61 Å². The minimum absolute atomic E-state index is 0.0139. The van der Waals surface area contributed by atoms with E-state index in [4.69, 9.17) is 4.74 Å². The lowest BCUT2D eigenvalue weighted by atomic mass is 9.92. The zero-order chi connectivity index (χ0) is 16.1. The first-order valence-corrected chi connectivity index (χ1v) is 7.96. The van der Waals surface area contributed by atoms with E-state index >= 15 is 0 Å². The van der Waals surface area contributed by atoms with Gasteiger partial charge in [0, 0.05) is 6.54 Å². The summed E-state index contributed by atoms with van der Waals surface area (Å²) in [5, 5.41) is 2.76. The van der Waals surface area contributed by atoms with Gasteiger partial charge >= 0.3 is 0 Å². The van der Waals surface area contributed by atoms with Crippen LogP contribution >= 0.6 is 0 Å². The first-order chi connectivity index (χ1) is 11.2.